The molecule has 1 atom stereocenters. The number of carbonyl (C=O) groups excluding carboxylic acids is 1. The Hall–Kier alpha value is -1.10. The third-order valence-electron chi connectivity index (χ3n) is 1.46. The average Bonchev–Trinajstić information content (AvgIpc) is 2.51. The molecule has 0 radical (unpaired) electrons. The first-order valence-electron chi connectivity index (χ1n) is 3.93. The van der Waals surface area contributed by atoms with Gasteiger partial charge in [0, 0.05) is 13.6 Å². The van der Waals surface area contributed by atoms with Crippen LogP contribution < -0.4 is 5.32 Å². The predicted molar refractivity (Wildman–Crippen MR) is 48.3 cm³/mol. The number of rotatable bonds is 3. The minimum absolute atomic E-state index is 0.246. The third kappa shape index (κ3) is 2.42. The van der Waals surface area contributed by atoms with Crippen LogP contribution in [-0.2, 0) is 11.8 Å². The number of carbonyl (C=O) groups is 1. The molecule has 0 aliphatic rings. The molecule has 1 unspecified atom stereocenters. The SMILES string of the molecule is CCNC(=O)C(Cl)c1cn(C)nn1. The molecule has 0 aliphatic carbocycles. The topological polar surface area (TPSA) is 59.8 Å². The fourth-order valence-electron chi connectivity index (χ4n) is 0.880. The molecule has 0 spiro atoms. The molecule has 1 rings (SSSR count). The molecule has 0 saturated carbocycles. The van der Waals surface area contributed by atoms with Gasteiger partial charge in [0.15, 0.2) is 5.38 Å². The molecule has 1 heterocycles. The van der Waals surface area contributed by atoms with Crippen LogP contribution in [0.5, 0.6) is 0 Å². The summed E-state index contributed by atoms with van der Waals surface area (Å²) in [7, 11) is 1.72. The largest absolute Gasteiger partial charge is 0.355 e. The van der Waals surface area contributed by atoms with Crippen molar-refractivity contribution in [3.63, 3.8) is 0 Å². The van der Waals surface area contributed by atoms with Crippen LogP contribution in [0.1, 0.15) is 18.0 Å². The van der Waals surface area contributed by atoms with E-state index in [9.17, 15) is 4.79 Å². The molecule has 1 aromatic rings. The van der Waals surface area contributed by atoms with Gasteiger partial charge < -0.3 is 5.32 Å². The highest BCUT2D eigenvalue weighted by Gasteiger charge is 2.19. The van der Waals surface area contributed by atoms with Gasteiger partial charge in [-0.1, -0.05) is 5.21 Å². The van der Waals surface area contributed by atoms with E-state index in [1.807, 2.05) is 6.92 Å². The molecule has 5 nitrogen and oxygen atoms in total. The van der Waals surface area contributed by atoms with E-state index in [1.54, 1.807) is 13.2 Å². The summed E-state index contributed by atoms with van der Waals surface area (Å²) in [4.78, 5) is 11.2. The maximum absolute atomic E-state index is 11.2. The normalized spacial score (nSPS) is 12.5. The monoisotopic (exact) mass is 202 g/mol. The second-order valence-electron chi connectivity index (χ2n) is 2.57. The van der Waals surface area contributed by atoms with E-state index in [2.05, 4.69) is 15.6 Å². The highest BCUT2D eigenvalue weighted by molar-refractivity contribution is 6.30. The Morgan fingerprint density at radius 2 is 2.54 bits per heavy atom. The summed E-state index contributed by atoms with van der Waals surface area (Å²) in [5, 5.41) is 9.27. The highest BCUT2D eigenvalue weighted by atomic mass is 35.5. The van der Waals surface area contributed by atoms with Crippen LogP contribution in [0.25, 0.3) is 0 Å². The molecule has 0 bridgehead atoms. The van der Waals surface area contributed by atoms with Crippen molar-refractivity contribution in [2.75, 3.05) is 6.54 Å². The molecule has 13 heavy (non-hydrogen) atoms. The molecule has 1 N–H and O–H groups in total. The van der Waals surface area contributed by atoms with Gasteiger partial charge in [0.2, 0.25) is 5.91 Å². The standard InChI is InChI=1S/C7H11ClN4O/c1-3-9-7(13)6(8)5-4-12(2)11-10-5/h4,6H,3H2,1-2H3,(H,9,13). The lowest BCUT2D eigenvalue weighted by atomic mass is 10.3. The van der Waals surface area contributed by atoms with E-state index < -0.39 is 5.38 Å². The Bertz CT molecular complexity index is 298. The molecule has 0 aliphatic heterocycles. The summed E-state index contributed by atoms with van der Waals surface area (Å²) in [6, 6.07) is 0. The van der Waals surface area contributed by atoms with Crippen LogP contribution in [0.2, 0.25) is 0 Å². The number of alkyl halides is 1. The number of halogens is 1. The number of aryl methyl sites for hydroxylation is 1. The highest BCUT2D eigenvalue weighted by Crippen LogP contribution is 2.16. The maximum atomic E-state index is 11.2. The Labute approximate surface area is 81.1 Å². The first kappa shape index (κ1) is 9.98. The molecular weight excluding hydrogens is 192 g/mol. The van der Waals surface area contributed by atoms with Gasteiger partial charge in [-0.2, -0.15) is 0 Å². The number of likely N-dealkylation sites (N-methyl/N-ethyl adjacent to an activating group) is 1. The van der Waals surface area contributed by atoms with Crippen molar-refractivity contribution >= 4 is 17.5 Å². The van der Waals surface area contributed by atoms with Gasteiger partial charge in [0.05, 0.1) is 6.20 Å². The quantitative estimate of drug-likeness (QED) is 0.714. The third-order valence-corrected chi connectivity index (χ3v) is 1.88. The number of nitrogens with zero attached hydrogens (tertiary/aromatic N) is 3. The molecular formula is C7H11ClN4O. The summed E-state index contributed by atoms with van der Waals surface area (Å²) in [6.07, 6.45) is 1.62. The van der Waals surface area contributed by atoms with Crippen molar-refractivity contribution in [3.8, 4) is 0 Å². The van der Waals surface area contributed by atoms with E-state index in [0.29, 0.717) is 12.2 Å². The van der Waals surface area contributed by atoms with E-state index >= 15 is 0 Å². The molecule has 6 heteroatoms. The Kier molecular flexibility index (Phi) is 3.25. The Morgan fingerprint density at radius 3 is 3.00 bits per heavy atom. The molecule has 1 aromatic heterocycles. The Morgan fingerprint density at radius 1 is 1.85 bits per heavy atom. The van der Waals surface area contributed by atoms with Gasteiger partial charge in [0.1, 0.15) is 5.69 Å². The van der Waals surface area contributed by atoms with Crippen LogP contribution >= 0.6 is 11.6 Å². The van der Waals surface area contributed by atoms with Crippen molar-refractivity contribution in [3.05, 3.63) is 11.9 Å². The molecule has 0 fully saturated rings. The van der Waals surface area contributed by atoms with Crippen LogP contribution in [0.15, 0.2) is 6.20 Å². The minimum Gasteiger partial charge on any atom is -0.355 e. The van der Waals surface area contributed by atoms with Crippen LogP contribution in [0.4, 0.5) is 0 Å². The van der Waals surface area contributed by atoms with Gasteiger partial charge in [-0.15, -0.1) is 16.7 Å². The van der Waals surface area contributed by atoms with Crippen LogP contribution in [0, 0.1) is 0 Å². The second-order valence-corrected chi connectivity index (χ2v) is 3.01. The van der Waals surface area contributed by atoms with Gasteiger partial charge in [-0.3, -0.25) is 9.48 Å². The number of nitrogens with one attached hydrogen (secondary N) is 1. The zero-order chi connectivity index (χ0) is 9.84. The minimum atomic E-state index is -0.756. The zero-order valence-electron chi connectivity index (χ0n) is 7.49. The summed E-state index contributed by atoms with van der Waals surface area (Å²) >= 11 is 5.82. The molecule has 72 valence electrons. The molecule has 0 saturated heterocycles. The first-order valence-corrected chi connectivity index (χ1v) is 4.36. The molecule has 0 aromatic carbocycles. The first-order chi connectivity index (χ1) is 6.15. The second kappa shape index (κ2) is 4.23. The van der Waals surface area contributed by atoms with Crippen molar-refractivity contribution in [2.24, 2.45) is 7.05 Å². The average molecular weight is 203 g/mol. The van der Waals surface area contributed by atoms with Gasteiger partial charge >= 0.3 is 0 Å². The van der Waals surface area contributed by atoms with E-state index in [4.69, 9.17) is 11.6 Å². The summed E-state index contributed by atoms with van der Waals surface area (Å²) in [5.74, 6) is -0.246. The van der Waals surface area contributed by atoms with Gasteiger partial charge in [-0.25, -0.2) is 0 Å². The Balaban J connectivity index is 2.67. The summed E-state index contributed by atoms with van der Waals surface area (Å²) < 4.78 is 1.50. The number of hydrogen-bond acceptors (Lipinski definition) is 3. The fourth-order valence-corrected chi connectivity index (χ4v) is 1.06. The van der Waals surface area contributed by atoms with Crippen molar-refractivity contribution < 1.29 is 4.79 Å². The summed E-state index contributed by atoms with van der Waals surface area (Å²) in [6.45, 7) is 2.39. The number of hydrogen-bond donors (Lipinski definition) is 1. The van der Waals surface area contributed by atoms with Crippen molar-refractivity contribution in [2.45, 2.75) is 12.3 Å². The van der Waals surface area contributed by atoms with Crippen molar-refractivity contribution in [1.29, 1.82) is 0 Å². The fraction of sp³-hybridized carbons (Fsp3) is 0.571. The lowest BCUT2D eigenvalue weighted by molar-refractivity contribution is -0.120. The maximum Gasteiger partial charge on any atom is 0.244 e. The summed E-state index contributed by atoms with van der Waals surface area (Å²) in [5.41, 5.74) is 0.468. The molecule has 1 amide bonds. The number of amides is 1. The lowest BCUT2D eigenvalue weighted by Gasteiger charge is -2.04. The van der Waals surface area contributed by atoms with Crippen molar-refractivity contribution in [1.82, 2.24) is 20.3 Å². The van der Waals surface area contributed by atoms with Gasteiger partial charge in [-0.05, 0) is 6.92 Å². The zero-order valence-corrected chi connectivity index (χ0v) is 8.25. The van der Waals surface area contributed by atoms with E-state index in [1.165, 1.54) is 4.68 Å². The van der Waals surface area contributed by atoms with Crippen LogP contribution in [-0.4, -0.2) is 27.4 Å². The smallest absolute Gasteiger partial charge is 0.244 e. The van der Waals surface area contributed by atoms with Crippen LogP contribution in [0.3, 0.4) is 0 Å². The van der Waals surface area contributed by atoms with E-state index in [-0.39, 0.29) is 5.91 Å². The van der Waals surface area contributed by atoms with Gasteiger partial charge in [0.25, 0.3) is 0 Å². The van der Waals surface area contributed by atoms with E-state index in [0.717, 1.165) is 0 Å². The predicted octanol–water partition coefficient (Wildman–Crippen LogP) is 0.231. The number of aromatic nitrogens is 3. The lowest BCUT2D eigenvalue weighted by Crippen LogP contribution is -2.26.